The number of nitrogens with one attached hydrogen (secondary N) is 2. The van der Waals surface area contributed by atoms with Crippen LogP contribution in [0, 0.1) is 29.8 Å². The number of rotatable bonds is 10. The number of anilines is 1. The van der Waals surface area contributed by atoms with Crippen LogP contribution >= 0.6 is 0 Å². The molecule has 210 valence electrons. The number of aliphatic hydroxyl groups is 1. The molecule has 1 saturated heterocycles. The molecule has 1 aliphatic heterocycles. The molecule has 3 aromatic rings. The van der Waals surface area contributed by atoms with Gasteiger partial charge in [-0.25, -0.2) is 18.7 Å². The maximum atomic E-state index is 13.4. The van der Waals surface area contributed by atoms with Gasteiger partial charge in [0.05, 0.1) is 24.1 Å². The summed E-state index contributed by atoms with van der Waals surface area (Å²) in [7, 11) is 1.57. The van der Waals surface area contributed by atoms with Crippen molar-refractivity contribution in [3.8, 4) is 5.75 Å². The Morgan fingerprint density at radius 1 is 1.18 bits per heavy atom. The molecule has 1 aliphatic rings. The van der Waals surface area contributed by atoms with Crippen LogP contribution in [-0.4, -0.2) is 59.4 Å². The molecule has 0 aliphatic carbocycles. The third-order valence-corrected chi connectivity index (χ3v) is 7.68. The Morgan fingerprint density at radius 2 is 1.87 bits per heavy atom. The Kier molecular flexibility index (Phi) is 8.94. The number of amides is 1. The van der Waals surface area contributed by atoms with E-state index in [1.165, 1.54) is 0 Å². The first-order valence-corrected chi connectivity index (χ1v) is 12.8. The van der Waals surface area contributed by atoms with Gasteiger partial charge in [0.25, 0.3) is 0 Å². The average Bonchev–Trinajstić information content (AvgIpc) is 2.94. The predicted molar refractivity (Wildman–Crippen MR) is 140 cm³/mol. The van der Waals surface area contributed by atoms with Crippen LogP contribution < -0.4 is 15.5 Å². The van der Waals surface area contributed by atoms with Gasteiger partial charge in [-0.05, 0) is 75.0 Å². The molecule has 39 heavy (non-hydrogen) atoms. The molecule has 2 heterocycles. The zero-order chi connectivity index (χ0) is 28.2. The maximum absolute atomic E-state index is 13.4. The lowest BCUT2D eigenvalue weighted by Crippen LogP contribution is -2.49. The number of carbonyl (C=O) groups excluding carboxylic acids is 1. The summed E-state index contributed by atoms with van der Waals surface area (Å²) < 4.78 is 45.4. The number of aromatic nitrogens is 1. The van der Waals surface area contributed by atoms with Gasteiger partial charge in [-0.15, -0.1) is 0 Å². The second-order valence-electron chi connectivity index (χ2n) is 10.0. The monoisotopic (exact) mass is 546 g/mol. The summed E-state index contributed by atoms with van der Waals surface area (Å²) in [6, 6.07) is 7.28. The number of aliphatic hydroxyl groups excluding tert-OH is 1. The van der Waals surface area contributed by atoms with Gasteiger partial charge in [0.15, 0.2) is 17.5 Å². The van der Waals surface area contributed by atoms with Crippen LogP contribution in [0.25, 0.3) is 10.9 Å². The third kappa shape index (κ3) is 6.26. The van der Waals surface area contributed by atoms with Gasteiger partial charge in [0, 0.05) is 42.5 Å². The van der Waals surface area contributed by atoms with Crippen molar-refractivity contribution in [2.75, 3.05) is 38.6 Å². The van der Waals surface area contributed by atoms with E-state index in [0.717, 1.165) is 34.2 Å². The minimum absolute atomic E-state index is 0.142. The molecular weight excluding hydrogens is 513 g/mol. The normalized spacial score (nSPS) is 16.2. The van der Waals surface area contributed by atoms with E-state index in [2.05, 4.69) is 15.2 Å². The topological polar surface area (TPSA) is 107 Å². The Labute approximate surface area is 224 Å². The van der Waals surface area contributed by atoms with Crippen LogP contribution in [0.3, 0.4) is 0 Å². The number of fused-ring (bicyclic) bond motifs is 1. The summed E-state index contributed by atoms with van der Waals surface area (Å²) >= 11 is 0. The summed E-state index contributed by atoms with van der Waals surface area (Å²) in [6.45, 7) is 3.86. The Morgan fingerprint density at radius 3 is 2.51 bits per heavy atom. The van der Waals surface area contributed by atoms with Crippen LogP contribution in [-0.2, 0) is 4.79 Å². The van der Waals surface area contributed by atoms with Crippen molar-refractivity contribution in [2.24, 2.45) is 5.41 Å². The van der Waals surface area contributed by atoms with Crippen LogP contribution in [0.5, 0.6) is 5.75 Å². The molecule has 11 heteroatoms. The van der Waals surface area contributed by atoms with Gasteiger partial charge in [-0.2, -0.15) is 0 Å². The van der Waals surface area contributed by atoms with Crippen molar-refractivity contribution in [1.29, 1.82) is 0 Å². The molecule has 1 atom stereocenters. The molecule has 8 nitrogen and oxygen atoms in total. The zero-order valence-electron chi connectivity index (χ0n) is 21.9. The lowest BCUT2D eigenvalue weighted by molar-refractivity contribution is -0.143. The van der Waals surface area contributed by atoms with E-state index in [4.69, 9.17) is 4.74 Å². The van der Waals surface area contributed by atoms with E-state index in [0.29, 0.717) is 57.6 Å². The number of nitrogens with zero attached hydrogens (tertiary/aromatic N) is 2. The number of benzene rings is 2. The maximum Gasteiger partial charge on any atom is 0.249 e. The standard InChI is InChI=1S/C28H33F3N4O4/c1-17-16-33-23-4-3-19(39-2)15-20(23)25(17)24(36)5-6-28(27(37)34-38)7-10-35(11-8-28)12-9-32-18-13-21(29)26(31)22(30)14-18/h3-4,13-16,24,32,36,38H,5-12H2,1-2H3,(H,34,37)/t24-/m1/s1. The van der Waals surface area contributed by atoms with Gasteiger partial charge < -0.3 is 20.1 Å². The van der Waals surface area contributed by atoms with Crippen molar-refractivity contribution in [1.82, 2.24) is 15.4 Å². The number of pyridine rings is 1. The second-order valence-corrected chi connectivity index (χ2v) is 10.0. The lowest BCUT2D eigenvalue weighted by atomic mass is 9.73. The number of hydrogen-bond donors (Lipinski definition) is 4. The summed E-state index contributed by atoms with van der Waals surface area (Å²) in [4.78, 5) is 19.3. The van der Waals surface area contributed by atoms with Gasteiger partial charge in [0.2, 0.25) is 5.91 Å². The van der Waals surface area contributed by atoms with Crippen LogP contribution in [0.4, 0.5) is 18.9 Å². The fourth-order valence-electron chi connectivity index (χ4n) is 5.35. The number of likely N-dealkylation sites (tertiary alicyclic amines) is 1. The molecule has 1 fully saturated rings. The van der Waals surface area contributed by atoms with Crippen molar-refractivity contribution in [3.63, 3.8) is 0 Å². The largest absolute Gasteiger partial charge is 0.497 e. The minimum atomic E-state index is -1.51. The van der Waals surface area contributed by atoms with E-state index in [9.17, 15) is 28.3 Å². The predicted octanol–water partition coefficient (Wildman–Crippen LogP) is 4.48. The molecule has 0 spiro atoms. The van der Waals surface area contributed by atoms with Crippen molar-refractivity contribution in [3.05, 3.63) is 65.1 Å². The third-order valence-electron chi connectivity index (χ3n) is 7.68. The smallest absolute Gasteiger partial charge is 0.249 e. The van der Waals surface area contributed by atoms with Crippen molar-refractivity contribution >= 4 is 22.5 Å². The number of piperidine rings is 1. The zero-order valence-corrected chi connectivity index (χ0v) is 21.9. The van der Waals surface area contributed by atoms with Crippen molar-refractivity contribution in [2.45, 2.75) is 38.7 Å². The quantitative estimate of drug-likeness (QED) is 0.169. The van der Waals surface area contributed by atoms with Crippen LogP contribution in [0.2, 0.25) is 0 Å². The van der Waals surface area contributed by atoms with Crippen LogP contribution in [0.15, 0.2) is 36.5 Å². The first-order chi connectivity index (χ1) is 18.7. The van der Waals surface area contributed by atoms with Gasteiger partial charge in [-0.3, -0.25) is 15.0 Å². The molecule has 4 N–H and O–H groups in total. The molecule has 0 radical (unpaired) electrons. The van der Waals surface area contributed by atoms with E-state index < -0.39 is 34.9 Å². The minimum Gasteiger partial charge on any atom is -0.497 e. The number of aryl methyl sites for hydroxylation is 1. The van der Waals surface area contributed by atoms with Crippen molar-refractivity contribution < 1.29 is 33.0 Å². The van der Waals surface area contributed by atoms with E-state index in [1.807, 2.05) is 24.5 Å². The molecular formula is C28H33F3N4O4. The number of hydroxylamine groups is 1. The number of carbonyl (C=O) groups is 1. The Balaban J connectivity index is 1.39. The average molecular weight is 547 g/mol. The highest BCUT2D eigenvalue weighted by molar-refractivity contribution is 5.85. The van der Waals surface area contributed by atoms with E-state index >= 15 is 0 Å². The number of halogens is 3. The fraction of sp³-hybridized carbons (Fsp3) is 0.429. The Hall–Kier alpha value is -3.41. The fourth-order valence-corrected chi connectivity index (χ4v) is 5.35. The SMILES string of the molecule is COc1ccc2ncc(C)c([C@H](O)CCC3(C(=O)NO)CCN(CCNc4cc(F)c(F)c(F)c4)CC3)c2c1. The number of hydrogen-bond acceptors (Lipinski definition) is 7. The summed E-state index contributed by atoms with van der Waals surface area (Å²) in [5.74, 6) is -3.86. The molecule has 0 unspecified atom stereocenters. The van der Waals surface area contributed by atoms with Gasteiger partial charge >= 0.3 is 0 Å². The number of methoxy groups -OCH3 is 1. The first kappa shape index (κ1) is 28.6. The van der Waals surface area contributed by atoms with E-state index in [-0.39, 0.29) is 5.69 Å². The van der Waals surface area contributed by atoms with E-state index in [1.54, 1.807) is 19.4 Å². The lowest BCUT2D eigenvalue weighted by Gasteiger charge is -2.40. The molecule has 0 saturated carbocycles. The first-order valence-electron chi connectivity index (χ1n) is 12.8. The second kappa shape index (κ2) is 12.2. The molecule has 0 bridgehead atoms. The molecule has 1 amide bonds. The summed E-state index contributed by atoms with van der Waals surface area (Å²) in [5, 5.41) is 24.4. The highest BCUT2D eigenvalue weighted by Gasteiger charge is 2.41. The summed E-state index contributed by atoms with van der Waals surface area (Å²) in [5.41, 5.74) is 3.37. The Bertz CT molecular complexity index is 1310. The molecule has 1 aromatic heterocycles. The van der Waals surface area contributed by atoms with Crippen LogP contribution in [0.1, 0.15) is 42.9 Å². The molecule has 2 aromatic carbocycles. The number of ether oxygens (including phenoxy) is 1. The highest BCUT2D eigenvalue weighted by Crippen LogP contribution is 2.40. The highest BCUT2D eigenvalue weighted by atomic mass is 19.2. The summed E-state index contributed by atoms with van der Waals surface area (Å²) in [6.07, 6.45) is 2.42. The van der Waals surface area contributed by atoms with Gasteiger partial charge in [-0.1, -0.05) is 0 Å². The van der Waals surface area contributed by atoms with Gasteiger partial charge in [0.1, 0.15) is 5.75 Å². The molecule has 4 rings (SSSR count).